The molecule has 0 aliphatic heterocycles. The molecule has 1 N–H and O–H groups in total. The Morgan fingerprint density at radius 2 is 2.20 bits per heavy atom. The van der Waals surface area contributed by atoms with Crippen LogP contribution in [0.5, 0.6) is 0 Å². The van der Waals surface area contributed by atoms with Crippen molar-refractivity contribution in [1.29, 1.82) is 0 Å². The zero-order chi connectivity index (χ0) is 15.1. The van der Waals surface area contributed by atoms with Gasteiger partial charge in [-0.1, -0.05) is 20.3 Å². The SMILES string of the molecule is CCCC(CC)C(=O)Nc1cc(F)c(=O)n(CCF)c1.[HH]. The number of aromatic nitrogens is 1. The molecular weight excluding hydrogens is 266 g/mol. The van der Waals surface area contributed by atoms with Gasteiger partial charge in [0, 0.05) is 19.6 Å². The highest BCUT2D eigenvalue weighted by atomic mass is 19.1. The first-order valence-electron chi connectivity index (χ1n) is 6.80. The van der Waals surface area contributed by atoms with Gasteiger partial charge in [0.2, 0.25) is 5.91 Å². The summed E-state index contributed by atoms with van der Waals surface area (Å²) in [6.45, 7) is 2.89. The van der Waals surface area contributed by atoms with E-state index in [9.17, 15) is 18.4 Å². The van der Waals surface area contributed by atoms with E-state index in [2.05, 4.69) is 5.32 Å². The monoisotopic (exact) mass is 288 g/mol. The highest BCUT2D eigenvalue weighted by Crippen LogP contribution is 2.15. The van der Waals surface area contributed by atoms with Crippen molar-refractivity contribution in [1.82, 2.24) is 4.57 Å². The smallest absolute Gasteiger partial charge is 0.286 e. The maximum absolute atomic E-state index is 13.4. The maximum Gasteiger partial charge on any atom is 0.286 e. The fraction of sp³-hybridized carbons (Fsp3) is 0.571. The van der Waals surface area contributed by atoms with Crippen LogP contribution in [0.1, 0.15) is 34.5 Å². The van der Waals surface area contributed by atoms with Gasteiger partial charge in [0.05, 0.1) is 12.2 Å². The van der Waals surface area contributed by atoms with E-state index in [0.717, 1.165) is 23.5 Å². The minimum Gasteiger partial charge on any atom is -0.324 e. The second kappa shape index (κ2) is 7.77. The van der Waals surface area contributed by atoms with Gasteiger partial charge in [0.25, 0.3) is 5.56 Å². The summed E-state index contributed by atoms with van der Waals surface area (Å²) in [5.41, 5.74) is -0.712. The van der Waals surface area contributed by atoms with E-state index in [1.807, 2.05) is 13.8 Å². The summed E-state index contributed by atoms with van der Waals surface area (Å²) in [5.74, 6) is -1.36. The van der Waals surface area contributed by atoms with Crippen LogP contribution in [0.25, 0.3) is 0 Å². The molecule has 1 rings (SSSR count). The number of hydrogen-bond acceptors (Lipinski definition) is 2. The number of alkyl halides is 1. The quantitative estimate of drug-likeness (QED) is 0.838. The van der Waals surface area contributed by atoms with E-state index in [0.29, 0.717) is 6.42 Å². The lowest BCUT2D eigenvalue weighted by Crippen LogP contribution is -2.27. The molecule has 0 radical (unpaired) electrons. The highest BCUT2D eigenvalue weighted by molar-refractivity contribution is 5.92. The summed E-state index contributed by atoms with van der Waals surface area (Å²) in [4.78, 5) is 23.4. The third-order valence-electron chi connectivity index (χ3n) is 3.14. The number of nitrogens with zero attached hydrogens (tertiary/aromatic N) is 1. The van der Waals surface area contributed by atoms with Gasteiger partial charge in [0.15, 0.2) is 5.82 Å². The van der Waals surface area contributed by atoms with E-state index >= 15 is 0 Å². The molecule has 0 fully saturated rings. The van der Waals surface area contributed by atoms with Gasteiger partial charge in [-0.3, -0.25) is 9.59 Å². The maximum atomic E-state index is 13.4. The van der Waals surface area contributed by atoms with Crippen molar-refractivity contribution in [2.45, 2.75) is 39.7 Å². The minimum absolute atomic E-state index is 0. The number of amides is 1. The average Bonchev–Trinajstić information content (AvgIpc) is 2.41. The lowest BCUT2D eigenvalue weighted by atomic mass is 10.00. The Morgan fingerprint density at radius 3 is 2.75 bits per heavy atom. The molecule has 6 heteroatoms. The number of carbonyl (C=O) groups excluding carboxylic acids is 1. The van der Waals surface area contributed by atoms with Crippen molar-refractivity contribution < 1.29 is 15.0 Å². The molecule has 1 aromatic rings. The van der Waals surface area contributed by atoms with Gasteiger partial charge >= 0.3 is 0 Å². The molecule has 1 amide bonds. The number of carbonyl (C=O) groups is 1. The number of pyridine rings is 1. The van der Waals surface area contributed by atoms with Gasteiger partial charge in [0.1, 0.15) is 6.67 Å². The fourth-order valence-corrected chi connectivity index (χ4v) is 2.04. The lowest BCUT2D eigenvalue weighted by molar-refractivity contribution is -0.120. The Hall–Kier alpha value is -1.72. The molecule has 0 saturated heterocycles. The molecule has 0 aliphatic rings. The Morgan fingerprint density at radius 1 is 1.50 bits per heavy atom. The third kappa shape index (κ3) is 4.15. The predicted molar refractivity (Wildman–Crippen MR) is 76.1 cm³/mol. The molecule has 0 spiro atoms. The van der Waals surface area contributed by atoms with Gasteiger partial charge in [-0.15, -0.1) is 0 Å². The van der Waals surface area contributed by atoms with Crippen LogP contribution in [0.4, 0.5) is 14.5 Å². The van der Waals surface area contributed by atoms with E-state index in [-0.39, 0.29) is 25.5 Å². The molecular formula is C14H22F2N2O2. The molecule has 1 heterocycles. The Balaban J connectivity index is 0.00000400. The number of nitrogens with one attached hydrogen (secondary N) is 1. The molecule has 1 unspecified atom stereocenters. The van der Waals surface area contributed by atoms with Crippen molar-refractivity contribution in [2.24, 2.45) is 5.92 Å². The molecule has 0 saturated carbocycles. The van der Waals surface area contributed by atoms with Crippen LogP contribution in [-0.2, 0) is 11.3 Å². The Bertz CT molecular complexity index is 520. The molecule has 1 atom stereocenters. The van der Waals surface area contributed by atoms with Gasteiger partial charge < -0.3 is 9.88 Å². The lowest BCUT2D eigenvalue weighted by Gasteiger charge is -2.15. The summed E-state index contributed by atoms with van der Waals surface area (Å²) < 4.78 is 26.7. The van der Waals surface area contributed by atoms with Crippen LogP contribution in [-0.4, -0.2) is 17.1 Å². The number of aryl methyl sites for hydroxylation is 1. The number of rotatable bonds is 7. The van der Waals surface area contributed by atoms with Crippen molar-refractivity contribution >= 4 is 11.6 Å². The average molecular weight is 288 g/mol. The molecule has 20 heavy (non-hydrogen) atoms. The summed E-state index contributed by atoms with van der Waals surface area (Å²) >= 11 is 0. The second-order valence-electron chi connectivity index (χ2n) is 4.65. The van der Waals surface area contributed by atoms with Crippen molar-refractivity contribution in [3.05, 3.63) is 28.4 Å². The van der Waals surface area contributed by atoms with Crippen molar-refractivity contribution in [3.63, 3.8) is 0 Å². The fourth-order valence-electron chi connectivity index (χ4n) is 2.04. The normalized spacial score (nSPS) is 12.2. The second-order valence-corrected chi connectivity index (χ2v) is 4.65. The van der Waals surface area contributed by atoms with E-state index in [1.165, 1.54) is 6.20 Å². The zero-order valence-electron chi connectivity index (χ0n) is 11.8. The summed E-state index contributed by atoms with van der Waals surface area (Å²) in [6, 6.07) is 0.966. The molecule has 114 valence electrons. The summed E-state index contributed by atoms with van der Waals surface area (Å²) in [5, 5.41) is 2.58. The molecule has 0 aliphatic carbocycles. The van der Waals surface area contributed by atoms with Crippen LogP contribution in [0.15, 0.2) is 17.1 Å². The Labute approximate surface area is 118 Å². The van der Waals surface area contributed by atoms with E-state index in [1.54, 1.807) is 0 Å². The molecule has 4 nitrogen and oxygen atoms in total. The minimum atomic E-state index is -1.00. The molecule has 0 bridgehead atoms. The first-order chi connectivity index (χ1) is 9.53. The van der Waals surface area contributed by atoms with Gasteiger partial charge in [-0.25, -0.2) is 8.78 Å². The van der Waals surface area contributed by atoms with Crippen molar-refractivity contribution in [3.8, 4) is 0 Å². The van der Waals surface area contributed by atoms with Crippen LogP contribution < -0.4 is 10.9 Å². The first-order valence-corrected chi connectivity index (χ1v) is 6.80. The van der Waals surface area contributed by atoms with Gasteiger partial charge in [-0.05, 0) is 12.8 Å². The van der Waals surface area contributed by atoms with Crippen LogP contribution >= 0.6 is 0 Å². The molecule has 0 aromatic carbocycles. The predicted octanol–water partition coefficient (Wildman–Crippen LogP) is 2.97. The third-order valence-corrected chi connectivity index (χ3v) is 3.14. The largest absolute Gasteiger partial charge is 0.324 e. The van der Waals surface area contributed by atoms with E-state index in [4.69, 9.17) is 0 Å². The number of hydrogen-bond donors (Lipinski definition) is 1. The van der Waals surface area contributed by atoms with Crippen LogP contribution in [0, 0.1) is 11.7 Å². The number of anilines is 1. The zero-order valence-corrected chi connectivity index (χ0v) is 11.8. The first kappa shape index (κ1) is 16.3. The molecule has 1 aromatic heterocycles. The van der Waals surface area contributed by atoms with Crippen molar-refractivity contribution in [2.75, 3.05) is 12.0 Å². The van der Waals surface area contributed by atoms with Crippen LogP contribution in [0.2, 0.25) is 0 Å². The van der Waals surface area contributed by atoms with Crippen LogP contribution in [0.3, 0.4) is 0 Å². The van der Waals surface area contributed by atoms with Gasteiger partial charge in [-0.2, -0.15) is 0 Å². The highest BCUT2D eigenvalue weighted by Gasteiger charge is 2.16. The standard InChI is InChI=1S/C14H20F2N2O2.H2/c1-3-5-10(4-2)13(19)17-11-8-12(16)14(20)18(9-11)7-6-15;/h8-10H,3-7H2,1-2H3,(H,17,19);1H. The topological polar surface area (TPSA) is 51.1 Å². The summed E-state index contributed by atoms with van der Waals surface area (Å²) in [7, 11) is 0. The summed E-state index contributed by atoms with van der Waals surface area (Å²) in [6.07, 6.45) is 3.57. The number of halogens is 2. The Kier molecular flexibility index (Phi) is 6.35. The van der Waals surface area contributed by atoms with E-state index < -0.39 is 18.1 Å².